The fourth-order valence-corrected chi connectivity index (χ4v) is 2.61. The molecule has 0 radical (unpaired) electrons. The Balaban J connectivity index is 1.77. The first-order chi connectivity index (χ1) is 11.5. The van der Waals surface area contributed by atoms with Crippen molar-refractivity contribution in [1.29, 1.82) is 0 Å². The zero-order valence-corrected chi connectivity index (χ0v) is 15.3. The van der Waals surface area contributed by atoms with Crippen LogP contribution in [0.1, 0.15) is 24.5 Å². The molecule has 128 valence electrons. The molecule has 0 saturated heterocycles. The summed E-state index contributed by atoms with van der Waals surface area (Å²) in [7, 11) is 4.08. The van der Waals surface area contributed by atoms with E-state index in [1.807, 2.05) is 26.2 Å². The van der Waals surface area contributed by atoms with Crippen LogP contribution in [0.15, 0.2) is 24.3 Å². The smallest absolute Gasteiger partial charge is 0.224 e. The first kappa shape index (κ1) is 17.3. The lowest BCUT2D eigenvalue weighted by atomic mass is 10.2. The molecule has 1 aromatic carbocycles. The van der Waals surface area contributed by atoms with E-state index in [4.69, 9.17) is 23.2 Å². The van der Waals surface area contributed by atoms with Gasteiger partial charge in [-0.1, -0.05) is 23.2 Å². The van der Waals surface area contributed by atoms with Gasteiger partial charge in [-0.25, -0.2) is 4.98 Å². The number of likely N-dealkylation sites (N-methyl/N-ethyl adjacent to an activating group) is 1. The first-order valence-electron chi connectivity index (χ1n) is 8.01. The Bertz CT molecular complexity index is 716. The van der Waals surface area contributed by atoms with E-state index >= 15 is 0 Å². The van der Waals surface area contributed by atoms with Gasteiger partial charge in [-0.3, -0.25) is 0 Å². The van der Waals surface area contributed by atoms with Gasteiger partial charge in [0.15, 0.2) is 0 Å². The maximum absolute atomic E-state index is 6.08. The van der Waals surface area contributed by atoms with Crippen LogP contribution in [0.25, 0.3) is 0 Å². The highest BCUT2D eigenvalue weighted by Crippen LogP contribution is 2.40. The number of hydrogen-bond donors (Lipinski definition) is 2. The third kappa shape index (κ3) is 4.72. The number of nitrogens with zero attached hydrogens (tertiary/aromatic N) is 3. The van der Waals surface area contributed by atoms with E-state index in [2.05, 4.69) is 25.5 Å². The van der Waals surface area contributed by atoms with Gasteiger partial charge in [-0.15, -0.1) is 0 Å². The Morgan fingerprint density at radius 2 is 1.92 bits per heavy atom. The summed E-state index contributed by atoms with van der Waals surface area (Å²) in [5.41, 5.74) is 1.93. The second-order valence-electron chi connectivity index (χ2n) is 6.26. The van der Waals surface area contributed by atoms with E-state index in [1.54, 1.807) is 12.1 Å². The number of anilines is 3. The van der Waals surface area contributed by atoms with Gasteiger partial charge in [0.2, 0.25) is 5.95 Å². The van der Waals surface area contributed by atoms with Crippen LogP contribution in [0.4, 0.5) is 17.5 Å². The molecule has 0 amide bonds. The van der Waals surface area contributed by atoms with Crippen LogP contribution in [-0.2, 0) is 0 Å². The molecule has 1 saturated carbocycles. The van der Waals surface area contributed by atoms with Crippen LogP contribution >= 0.6 is 23.2 Å². The van der Waals surface area contributed by atoms with Crippen molar-refractivity contribution in [2.24, 2.45) is 0 Å². The third-order valence-corrected chi connectivity index (χ3v) is 4.51. The lowest BCUT2D eigenvalue weighted by Crippen LogP contribution is -2.21. The van der Waals surface area contributed by atoms with Crippen LogP contribution in [-0.4, -0.2) is 42.1 Å². The van der Waals surface area contributed by atoms with Crippen molar-refractivity contribution in [2.75, 3.05) is 37.8 Å². The number of aromatic nitrogens is 2. The van der Waals surface area contributed by atoms with Gasteiger partial charge in [-0.05, 0) is 45.1 Å². The van der Waals surface area contributed by atoms with E-state index < -0.39 is 0 Å². The number of hydrogen-bond acceptors (Lipinski definition) is 5. The molecule has 1 aliphatic carbocycles. The van der Waals surface area contributed by atoms with Crippen molar-refractivity contribution in [3.8, 4) is 0 Å². The minimum atomic E-state index is 0.516. The molecule has 3 rings (SSSR count). The van der Waals surface area contributed by atoms with Gasteiger partial charge < -0.3 is 15.5 Å². The summed E-state index contributed by atoms with van der Waals surface area (Å²) in [6.45, 7) is 1.72. The highest BCUT2D eigenvalue weighted by molar-refractivity contribution is 6.42. The summed E-state index contributed by atoms with van der Waals surface area (Å²) in [6.07, 6.45) is 2.39. The van der Waals surface area contributed by atoms with E-state index in [9.17, 15) is 0 Å². The molecule has 2 N–H and O–H groups in total. The predicted molar refractivity (Wildman–Crippen MR) is 101 cm³/mol. The predicted octanol–water partition coefficient (Wildman–Crippen LogP) is 4.38. The fraction of sp³-hybridized carbons (Fsp3) is 0.412. The van der Waals surface area contributed by atoms with Crippen LogP contribution < -0.4 is 10.6 Å². The average Bonchev–Trinajstić information content (AvgIpc) is 3.35. The highest BCUT2D eigenvalue weighted by Gasteiger charge is 2.26. The summed E-state index contributed by atoms with van der Waals surface area (Å²) in [6, 6.07) is 7.46. The van der Waals surface area contributed by atoms with Crippen molar-refractivity contribution in [1.82, 2.24) is 14.9 Å². The minimum absolute atomic E-state index is 0.516. The van der Waals surface area contributed by atoms with Crippen molar-refractivity contribution < 1.29 is 0 Å². The Kier molecular flexibility index (Phi) is 5.43. The molecule has 0 unspecified atom stereocenters. The molecule has 1 aromatic heterocycles. The second-order valence-corrected chi connectivity index (χ2v) is 7.07. The molecule has 1 fully saturated rings. The van der Waals surface area contributed by atoms with Crippen LogP contribution in [0, 0.1) is 0 Å². The molecule has 5 nitrogen and oxygen atoms in total. The largest absolute Gasteiger partial charge is 0.353 e. The van der Waals surface area contributed by atoms with Gasteiger partial charge in [0, 0.05) is 30.8 Å². The summed E-state index contributed by atoms with van der Waals surface area (Å²) in [5, 5.41) is 7.64. The zero-order valence-electron chi connectivity index (χ0n) is 13.8. The van der Waals surface area contributed by atoms with Crippen LogP contribution in [0.2, 0.25) is 10.0 Å². The van der Waals surface area contributed by atoms with Gasteiger partial charge >= 0.3 is 0 Å². The molecule has 0 atom stereocenters. The van der Waals surface area contributed by atoms with Gasteiger partial charge in [0.25, 0.3) is 0 Å². The fourth-order valence-electron chi connectivity index (χ4n) is 2.31. The topological polar surface area (TPSA) is 53.1 Å². The molecule has 2 aromatic rings. The first-order valence-corrected chi connectivity index (χ1v) is 8.76. The molecule has 1 heterocycles. The normalized spacial score (nSPS) is 14.0. The second kappa shape index (κ2) is 7.55. The van der Waals surface area contributed by atoms with Crippen molar-refractivity contribution in [3.63, 3.8) is 0 Å². The lowest BCUT2D eigenvalue weighted by molar-refractivity contribution is 0.425. The number of benzene rings is 1. The van der Waals surface area contributed by atoms with Crippen molar-refractivity contribution in [3.05, 3.63) is 40.0 Å². The highest BCUT2D eigenvalue weighted by atomic mass is 35.5. The average molecular weight is 366 g/mol. The molecule has 7 heteroatoms. The Labute approximate surface area is 152 Å². The van der Waals surface area contributed by atoms with E-state index in [1.165, 1.54) is 12.8 Å². The summed E-state index contributed by atoms with van der Waals surface area (Å²) < 4.78 is 0. The molecule has 24 heavy (non-hydrogen) atoms. The summed E-state index contributed by atoms with van der Waals surface area (Å²) in [5.74, 6) is 1.97. The Morgan fingerprint density at radius 1 is 1.12 bits per heavy atom. The zero-order chi connectivity index (χ0) is 17.1. The summed E-state index contributed by atoms with van der Waals surface area (Å²) in [4.78, 5) is 11.3. The Hall–Kier alpha value is -1.56. The van der Waals surface area contributed by atoms with E-state index in [0.717, 1.165) is 30.3 Å². The number of rotatable bonds is 7. The molecule has 0 bridgehead atoms. The number of halogens is 2. The molecular weight excluding hydrogens is 345 g/mol. The quantitative estimate of drug-likeness (QED) is 0.762. The lowest BCUT2D eigenvalue weighted by Gasteiger charge is -2.13. The maximum Gasteiger partial charge on any atom is 0.224 e. The van der Waals surface area contributed by atoms with Crippen LogP contribution in [0.3, 0.4) is 0 Å². The molecule has 1 aliphatic rings. The SMILES string of the molecule is CN(C)CCNc1nc(Nc2ccc(Cl)c(Cl)c2)cc(C2CC2)n1. The van der Waals surface area contributed by atoms with Crippen molar-refractivity contribution in [2.45, 2.75) is 18.8 Å². The molecular formula is C17H21Cl2N5. The monoisotopic (exact) mass is 365 g/mol. The number of nitrogens with one attached hydrogen (secondary N) is 2. The standard InChI is InChI=1S/C17H21Cl2N5/c1-24(2)8-7-20-17-22-15(11-3-4-11)10-16(23-17)21-12-5-6-13(18)14(19)9-12/h5-6,9-11H,3-4,7-8H2,1-2H3,(H2,20,21,22,23). The van der Waals surface area contributed by atoms with E-state index in [-0.39, 0.29) is 0 Å². The Morgan fingerprint density at radius 3 is 2.58 bits per heavy atom. The molecule has 0 spiro atoms. The maximum atomic E-state index is 6.08. The van der Waals surface area contributed by atoms with Crippen LogP contribution in [0.5, 0.6) is 0 Å². The third-order valence-electron chi connectivity index (χ3n) is 3.78. The minimum Gasteiger partial charge on any atom is -0.353 e. The summed E-state index contributed by atoms with van der Waals surface area (Å²) >= 11 is 12.0. The van der Waals surface area contributed by atoms with Gasteiger partial charge in [0.1, 0.15) is 5.82 Å². The van der Waals surface area contributed by atoms with Gasteiger partial charge in [0.05, 0.1) is 15.7 Å². The molecule has 0 aliphatic heterocycles. The van der Waals surface area contributed by atoms with E-state index in [0.29, 0.717) is 21.9 Å². The van der Waals surface area contributed by atoms with Crippen molar-refractivity contribution >= 4 is 40.7 Å². The van der Waals surface area contributed by atoms with Gasteiger partial charge in [-0.2, -0.15) is 4.98 Å².